The molecular weight excluding hydrogens is 300 g/mol. The van der Waals surface area contributed by atoms with Gasteiger partial charge in [0.05, 0.1) is 6.10 Å². The van der Waals surface area contributed by atoms with E-state index in [1.807, 2.05) is 12.1 Å². The molecule has 0 unspecified atom stereocenters. The molecule has 1 aliphatic rings. The highest BCUT2D eigenvalue weighted by molar-refractivity contribution is 5.80. The van der Waals surface area contributed by atoms with Crippen molar-refractivity contribution < 1.29 is 15.0 Å². The minimum absolute atomic E-state index is 0.364. The van der Waals surface area contributed by atoms with Crippen molar-refractivity contribution >= 4 is 5.97 Å². The van der Waals surface area contributed by atoms with Gasteiger partial charge in [0, 0.05) is 6.08 Å². The first kappa shape index (κ1) is 18.5. The summed E-state index contributed by atoms with van der Waals surface area (Å²) in [6.45, 7) is 0. The van der Waals surface area contributed by atoms with Crippen LogP contribution in [0.2, 0.25) is 0 Å². The standard InChI is InChI=1S/C21H28O3/c22-20(12-5-4-9-17-7-2-1-3-8-17)14-13-18-10-6-11-19(15-18)16-21(23)24/h1-3,7-8,13-14,16,18,20,22H,4-6,9-12,15H2,(H,23,24)/b14-13+,19-16-/t18-,20-/m0/s1. The molecule has 3 heteroatoms. The van der Waals surface area contributed by atoms with Gasteiger partial charge in [0.15, 0.2) is 0 Å². The first-order valence-electron chi connectivity index (χ1n) is 8.96. The SMILES string of the molecule is O=C(O)/C=C1/CCC[C@@H](/C=C/[C@@H](O)CCCCc2ccccc2)C1. The smallest absolute Gasteiger partial charge is 0.328 e. The van der Waals surface area contributed by atoms with E-state index in [9.17, 15) is 9.90 Å². The molecule has 2 rings (SSSR count). The zero-order valence-electron chi connectivity index (χ0n) is 14.2. The zero-order valence-corrected chi connectivity index (χ0v) is 14.2. The molecule has 3 nitrogen and oxygen atoms in total. The van der Waals surface area contributed by atoms with E-state index in [-0.39, 0.29) is 0 Å². The van der Waals surface area contributed by atoms with Gasteiger partial charge in [-0.05, 0) is 56.4 Å². The lowest BCUT2D eigenvalue weighted by Crippen LogP contribution is -2.09. The fourth-order valence-electron chi connectivity index (χ4n) is 3.31. The normalized spacial score (nSPS) is 21.2. The molecule has 0 saturated heterocycles. The molecule has 1 aromatic carbocycles. The average molecular weight is 328 g/mol. The number of benzene rings is 1. The number of carboxylic acid groups (broad SMARTS) is 1. The number of aliphatic hydroxyl groups excluding tert-OH is 1. The van der Waals surface area contributed by atoms with Crippen LogP contribution in [0.3, 0.4) is 0 Å². The molecular formula is C21H28O3. The highest BCUT2D eigenvalue weighted by Crippen LogP contribution is 2.29. The van der Waals surface area contributed by atoms with Gasteiger partial charge in [0.2, 0.25) is 0 Å². The van der Waals surface area contributed by atoms with Crippen LogP contribution in [0.25, 0.3) is 0 Å². The van der Waals surface area contributed by atoms with Gasteiger partial charge >= 0.3 is 5.97 Å². The van der Waals surface area contributed by atoms with Crippen LogP contribution in [0.1, 0.15) is 50.5 Å². The minimum Gasteiger partial charge on any atom is -0.478 e. The second-order valence-corrected chi connectivity index (χ2v) is 6.68. The summed E-state index contributed by atoms with van der Waals surface area (Å²) in [6, 6.07) is 10.4. The summed E-state index contributed by atoms with van der Waals surface area (Å²) in [5.41, 5.74) is 2.36. The molecule has 1 fully saturated rings. The van der Waals surface area contributed by atoms with Crippen molar-refractivity contribution in [1.82, 2.24) is 0 Å². The lowest BCUT2D eigenvalue weighted by atomic mass is 9.85. The van der Waals surface area contributed by atoms with Crippen molar-refractivity contribution in [3.63, 3.8) is 0 Å². The number of hydrogen-bond donors (Lipinski definition) is 2. The number of allylic oxidation sites excluding steroid dienone is 2. The topological polar surface area (TPSA) is 57.5 Å². The Morgan fingerprint density at radius 3 is 2.79 bits per heavy atom. The van der Waals surface area contributed by atoms with E-state index in [0.717, 1.165) is 56.9 Å². The maximum Gasteiger partial charge on any atom is 0.328 e. The Morgan fingerprint density at radius 2 is 2.04 bits per heavy atom. The van der Waals surface area contributed by atoms with Crippen LogP contribution in [0.4, 0.5) is 0 Å². The van der Waals surface area contributed by atoms with Gasteiger partial charge < -0.3 is 10.2 Å². The van der Waals surface area contributed by atoms with Gasteiger partial charge in [0.1, 0.15) is 0 Å². The number of aliphatic carboxylic acids is 1. The van der Waals surface area contributed by atoms with Crippen molar-refractivity contribution in [3.05, 3.63) is 59.7 Å². The second-order valence-electron chi connectivity index (χ2n) is 6.68. The lowest BCUT2D eigenvalue weighted by molar-refractivity contribution is -0.131. The molecule has 0 amide bonds. The summed E-state index contributed by atoms with van der Waals surface area (Å²) in [5, 5.41) is 18.9. The number of aryl methyl sites for hydroxylation is 1. The van der Waals surface area contributed by atoms with Crippen molar-refractivity contribution in [1.29, 1.82) is 0 Å². The molecule has 1 saturated carbocycles. The van der Waals surface area contributed by atoms with Crippen LogP contribution in [0.5, 0.6) is 0 Å². The summed E-state index contributed by atoms with van der Waals surface area (Å²) in [7, 11) is 0. The van der Waals surface area contributed by atoms with Gasteiger partial charge in [0.25, 0.3) is 0 Å². The first-order valence-corrected chi connectivity index (χ1v) is 8.96. The molecule has 1 aliphatic carbocycles. The number of carboxylic acids is 1. The molecule has 24 heavy (non-hydrogen) atoms. The quantitative estimate of drug-likeness (QED) is 0.419. The van der Waals surface area contributed by atoms with E-state index in [4.69, 9.17) is 5.11 Å². The highest BCUT2D eigenvalue weighted by atomic mass is 16.4. The van der Waals surface area contributed by atoms with Crippen LogP contribution in [0.15, 0.2) is 54.1 Å². The number of hydrogen-bond acceptors (Lipinski definition) is 2. The summed E-state index contributed by atoms with van der Waals surface area (Å²) in [4.78, 5) is 10.8. The molecule has 2 atom stereocenters. The maximum absolute atomic E-state index is 10.8. The monoisotopic (exact) mass is 328 g/mol. The molecule has 0 aliphatic heterocycles. The molecule has 130 valence electrons. The molecule has 0 spiro atoms. The van der Waals surface area contributed by atoms with Gasteiger partial charge in [-0.25, -0.2) is 4.79 Å². The molecule has 0 bridgehead atoms. The Bertz CT molecular complexity index is 560. The average Bonchev–Trinajstić information content (AvgIpc) is 2.58. The third-order valence-corrected chi connectivity index (χ3v) is 4.59. The Balaban J connectivity index is 1.67. The van der Waals surface area contributed by atoms with Crippen molar-refractivity contribution in [2.24, 2.45) is 5.92 Å². The van der Waals surface area contributed by atoms with E-state index in [2.05, 4.69) is 30.3 Å². The molecule has 2 N–H and O–H groups in total. The van der Waals surface area contributed by atoms with E-state index < -0.39 is 12.1 Å². The number of rotatable bonds is 8. The van der Waals surface area contributed by atoms with Gasteiger partial charge in [-0.1, -0.05) is 54.5 Å². The van der Waals surface area contributed by atoms with Crippen LogP contribution in [-0.2, 0) is 11.2 Å². The third kappa shape index (κ3) is 7.14. The van der Waals surface area contributed by atoms with Crippen molar-refractivity contribution in [3.8, 4) is 0 Å². The van der Waals surface area contributed by atoms with E-state index in [1.54, 1.807) is 0 Å². The van der Waals surface area contributed by atoms with Crippen LogP contribution >= 0.6 is 0 Å². The number of aliphatic hydroxyl groups is 1. The van der Waals surface area contributed by atoms with E-state index >= 15 is 0 Å². The van der Waals surface area contributed by atoms with Gasteiger partial charge in [-0.3, -0.25) is 0 Å². The Kier molecular flexibility index (Phi) is 7.76. The van der Waals surface area contributed by atoms with Crippen molar-refractivity contribution in [2.45, 2.75) is 57.5 Å². The first-order chi connectivity index (χ1) is 11.6. The van der Waals surface area contributed by atoms with Crippen LogP contribution < -0.4 is 0 Å². The Labute approximate surface area is 144 Å². The molecule has 0 radical (unpaired) electrons. The fourth-order valence-corrected chi connectivity index (χ4v) is 3.31. The zero-order chi connectivity index (χ0) is 17.2. The third-order valence-electron chi connectivity index (χ3n) is 4.59. The second kappa shape index (κ2) is 10.1. The Hall–Kier alpha value is -1.87. The lowest BCUT2D eigenvalue weighted by Gasteiger charge is -2.21. The Morgan fingerprint density at radius 1 is 1.25 bits per heavy atom. The molecule has 1 aromatic rings. The number of unbranched alkanes of at least 4 members (excludes halogenated alkanes) is 1. The highest BCUT2D eigenvalue weighted by Gasteiger charge is 2.15. The maximum atomic E-state index is 10.8. The number of carbonyl (C=O) groups is 1. The van der Waals surface area contributed by atoms with E-state index in [0.29, 0.717) is 5.92 Å². The van der Waals surface area contributed by atoms with Gasteiger partial charge in [-0.2, -0.15) is 0 Å². The summed E-state index contributed by atoms with van der Waals surface area (Å²) in [5.74, 6) is -0.489. The summed E-state index contributed by atoms with van der Waals surface area (Å²) in [6.07, 6.45) is 12.7. The van der Waals surface area contributed by atoms with E-state index in [1.165, 1.54) is 11.6 Å². The largest absolute Gasteiger partial charge is 0.478 e. The fraction of sp³-hybridized carbons (Fsp3) is 0.476. The van der Waals surface area contributed by atoms with Gasteiger partial charge in [-0.15, -0.1) is 0 Å². The minimum atomic E-state index is -0.854. The molecule has 0 heterocycles. The summed E-state index contributed by atoms with van der Waals surface area (Å²) < 4.78 is 0. The predicted molar refractivity (Wildman–Crippen MR) is 96.8 cm³/mol. The predicted octanol–water partition coefficient (Wildman–Crippen LogP) is 4.52. The summed E-state index contributed by atoms with van der Waals surface area (Å²) >= 11 is 0. The van der Waals surface area contributed by atoms with Crippen LogP contribution in [-0.4, -0.2) is 22.3 Å². The van der Waals surface area contributed by atoms with Crippen molar-refractivity contribution in [2.75, 3.05) is 0 Å². The molecule has 0 aromatic heterocycles. The van der Waals surface area contributed by atoms with Crippen LogP contribution in [0, 0.1) is 5.92 Å².